The van der Waals surface area contributed by atoms with E-state index in [-0.39, 0.29) is 39.7 Å². The number of benzene rings is 1. The van der Waals surface area contributed by atoms with Crippen LogP contribution in [-0.2, 0) is 16.4 Å². The number of nitrogens with zero attached hydrogens (tertiary/aromatic N) is 3. The molecule has 0 fully saturated rings. The van der Waals surface area contributed by atoms with Gasteiger partial charge in [0.2, 0.25) is 0 Å². The Morgan fingerprint density at radius 2 is 1.81 bits per heavy atom. The number of rotatable bonds is 7. The molecule has 2 N–H and O–H groups in total. The van der Waals surface area contributed by atoms with Crippen molar-refractivity contribution in [2.45, 2.75) is 11.4 Å². The van der Waals surface area contributed by atoms with Crippen LogP contribution in [0.15, 0.2) is 63.1 Å². The molecule has 0 saturated heterocycles. The van der Waals surface area contributed by atoms with E-state index in [1.807, 2.05) is 0 Å². The number of hydrogen-bond acceptors (Lipinski definition) is 9. The van der Waals surface area contributed by atoms with Crippen LogP contribution in [0.3, 0.4) is 0 Å². The van der Waals surface area contributed by atoms with Gasteiger partial charge in [-0.05, 0) is 35.9 Å². The highest BCUT2D eigenvalue weighted by molar-refractivity contribution is 7.90. The maximum absolute atomic E-state index is 13.0. The Balaban J connectivity index is 1.60. The number of methoxy groups -OCH3 is 2. The maximum atomic E-state index is 13.0. The SMILES string of the molecule is COc1ccc(-n2c(=O)[nH]c3cc(C(=O)NCc4ccc(S(C)(=O)=O)cc4)ncc3c2=O)nc1OC. The Hall–Kier alpha value is -4.52. The molecular formula is C23H21N5O7S. The summed E-state index contributed by atoms with van der Waals surface area (Å²) in [5.41, 5.74) is -0.670. The van der Waals surface area contributed by atoms with Gasteiger partial charge in [-0.15, -0.1) is 0 Å². The minimum absolute atomic E-state index is 0.0181. The van der Waals surface area contributed by atoms with Gasteiger partial charge in [0.05, 0.1) is 30.0 Å². The van der Waals surface area contributed by atoms with Crippen molar-refractivity contribution in [1.82, 2.24) is 24.8 Å². The monoisotopic (exact) mass is 511 g/mol. The van der Waals surface area contributed by atoms with Crippen molar-refractivity contribution >= 4 is 26.6 Å². The van der Waals surface area contributed by atoms with Crippen molar-refractivity contribution in [3.63, 3.8) is 0 Å². The summed E-state index contributed by atoms with van der Waals surface area (Å²) in [5.74, 6) is -0.104. The van der Waals surface area contributed by atoms with Crippen molar-refractivity contribution in [3.8, 4) is 17.4 Å². The molecule has 4 rings (SSSR count). The summed E-state index contributed by atoms with van der Waals surface area (Å²) in [6.07, 6.45) is 2.30. The maximum Gasteiger partial charge on any atom is 0.334 e. The molecule has 0 aliphatic carbocycles. The van der Waals surface area contributed by atoms with Crippen molar-refractivity contribution in [2.75, 3.05) is 20.5 Å². The molecule has 1 aromatic carbocycles. The van der Waals surface area contributed by atoms with Crippen molar-refractivity contribution < 1.29 is 22.7 Å². The predicted molar refractivity (Wildman–Crippen MR) is 130 cm³/mol. The fourth-order valence-corrected chi connectivity index (χ4v) is 4.05. The molecule has 13 heteroatoms. The number of ether oxygens (including phenoxy) is 2. The average molecular weight is 512 g/mol. The molecule has 12 nitrogen and oxygen atoms in total. The third kappa shape index (κ3) is 4.81. The number of carbonyl (C=O) groups is 1. The van der Waals surface area contributed by atoms with Gasteiger partial charge in [0.1, 0.15) is 11.5 Å². The molecule has 4 aromatic rings. The zero-order valence-corrected chi connectivity index (χ0v) is 20.3. The summed E-state index contributed by atoms with van der Waals surface area (Å²) in [6, 6.07) is 10.3. The smallest absolute Gasteiger partial charge is 0.334 e. The number of aromatic nitrogens is 4. The van der Waals surface area contributed by atoms with Crippen LogP contribution >= 0.6 is 0 Å². The van der Waals surface area contributed by atoms with Gasteiger partial charge in [-0.3, -0.25) is 14.6 Å². The first-order valence-corrected chi connectivity index (χ1v) is 12.3. The Morgan fingerprint density at radius 3 is 2.44 bits per heavy atom. The third-order valence-electron chi connectivity index (χ3n) is 5.27. The molecule has 36 heavy (non-hydrogen) atoms. The Morgan fingerprint density at radius 1 is 1.08 bits per heavy atom. The quantitative estimate of drug-likeness (QED) is 0.366. The standard InChI is InChI=1S/C23H21N5O7S/c1-34-18-8-9-19(27-21(18)35-2)28-22(30)15-12-24-17(10-16(15)26-23(28)31)20(29)25-11-13-4-6-14(7-5-13)36(3,32)33/h4-10,12H,11H2,1-3H3,(H,25,29)(H,26,31). The zero-order valence-electron chi connectivity index (χ0n) is 19.4. The molecule has 0 aliphatic rings. The van der Waals surface area contributed by atoms with E-state index in [4.69, 9.17) is 9.47 Å². The second-order valence-corrected chi connectivity index (χ2v) is 9.68. The largest absolute Gasteiger partial charge is 0.491 e. The van der Waals surface area contributed by atoms with Gasteiger partial charge in [-0.25, -0.2) is 17.8 Å². The molecule has 0 radical (unpaired) electrons. The van der Waals surface area contributed by atoms with Gasteiger partial charge >= 0.3 is 5.69 Å². The van der Waals surface area contributed by atoms with E-state index in [9.17, 15) is 22.8 Å². The first-order chi connectivity index (χ1) is 17.1. The van der Waals surface area contributed by atoms with Crippen LogP contribution in [0.5, 0.6) is 11.6 Å². The number of carbonyl (C=O) groups excluding carboxylic acids is 1. The third-order valence-corrected chi connectivity index (χ3v) is 6.40. The summed E-state index contributed by atoms with van der Waals surface area (Å²) in [4.78, 5) is 49.3. The minimum atomic E-state index is -3.32. The molecule has 0 saturated carbocycles. The number of nitrogens with one attached hydrogen (secondary N) is 2. The molecule has 1 amide bonds. The highest BCUT2D eigenvalue weighted by Gasteiger charge is 2.16. The van der Waals surface area contributed by atoms with Crippen molar-refractivity contribution in [1.29, 1.82) is 0 Å². The molecular weight excluding hydrogens is 490 g/mol. The van der Waals surface area contributed by atoms with E-state index in [2.05, 4.69) is 20.3 Å². The summed E-state index contributed by atoms with van der Waals surface area (Å²) in [7, 11) is -0.508. The second-order valence-electron chi connectivity index (χ2n) is 7.67. The lowest BCUT2D eigenvalue weighted by molar-refractivity contribution is 0.0946. The van der Waals surface area contributed by atoms with Crippen LogP contribution in [0.25, 0.3) is 16.7 Å². The van der Waals surface area contributed by atoms with Gasteiger partial charge in [0, 0.05) is 19.0 Å². The molecule has 186 valence electrons. The van der Waals surface area contributed by atoms with E-state index >= 15 is 0 Å². The normalized spacial score (nSPS) is 11.3. The van der Waals surface area contributed by atoms with Crippen LogP contribution in [0, 0.1) is 0 Å². The van der Waals surface area contributed by atoms with E-state index in [1.54, 1.807) is 12.1 Å². The lowest BCUT2D eigenvalue weighted by Gasteiger charge is -2.10. The van der Waals surface area contributed by atoms with Crippen LogP contribution in [0.1, 0.15) is 16.1 Å². The van der Waals surface area contributed by atoms with E-state index < -0.39 is 27.0 Å². The van der Waals surface area contributed by atoms with Crippen molar-refractivity contribution in [3.05, 3.63) is 80.8 Å². The average Bonchev–Trinajstić information content (AvgIpc) is 2.86. The second kappa shape index (κ2) is 9.62. The topological polar surface area (TPSA) is 162 Å². The van der Waals surface area contributed by atoms with Crippen LogP contribution in [-0.4, -0.2) is 54.3 Å². The van der Waals surface area contributed by atoms with E-state index in [0.29, 0.717) is 11.3 Å². The molecule has 0 aliphatic heterocycles. The number of fused-ring (bicyclic) bond motifs is 1. The van der Waals surface area contributed by atoms with Gasteiger partial charge in [-0.1, -0.05) is 12.1 Å². The number of amides is 1. The summed E-state index contributed by atoms with van der Waals surface area (Å²) in [5, 5.41) is 2.73. The Kier molecular flexibility index (Phi) is 6.57. The van der Waals surface area contributed by atoms with Crippen LogP contribution < -0.4 is 26.0 Å². The Bertz CT molecular complexity index is 1690. The first kappa shape index (κ1) is 24.6. The molecule has 3 aromatic heterocycles. The summed E-state index contributed by atoms with van der Waals surface area (Å²) < 4.78 is 34.2. The number of pyridine rings is 2. The zero-order chi connectivity index (χ0) is 26.0. The van der Waals surface area contributed by atoms with Crippen LogP contribution in [0.4, 0.5) is 0 Å². The number of H-pyrrole nitrogens is 1. The lowest BCUT2D eigenvalue weighted by atomic mass is 10.2. The van der Waals surface area contributed by atoms with Gasteiger partial charge < -0.3 is 19.8 Å². The molecule has 0 bridgehead atoms. The first-order valence-electron chi connectivity index (χ1n) is 10.4. The molecule has 3 heterocycles. The minimum Gasteiger partial charge on any atom is -0.491 e. The highest BCUT2D eigenvalue weighted by Crippen LogP contribution is 2.24. The molecule has 0 unspecified atom stereocenters. The number of aromatic amines is 1. The van der Waals surface area contributed by atoms with Crippen LogP contribution in [0.2, 0.25) is 0 Å². The van der Waals surface area contributed by atoms with Gasteiger partial charge in [0.15, 0.2) is 15.6 Å². The van der Waals surface area contributed by atoms with Crippen molar-refractivity contribution in [2.24, 2.45) is 0 Å². The molecule has 0 spiro atoms. The fourth-order valence-electron chi connectivity index (χ4n) is 3.42. The van der Waals surface area contributed by atoms with Gasteiger partial charge in [0.25, 0.3) is 17.3 Å². The summed E-state index contributed by atoms with van der Waals surface area (Å²) >= 11 is 0. The number of hydrogen-bond donors (Lipinski definition) is 2. The van der Waals surface area contributed by atoms with Gasteiger partial charge in [-0.2, -0.15) is 4.98 Å². The molecule has 0 atom stereocenters. The fraction of sp³-hybridized carbons (Fsp3) is 0.174. The highest BCUT2D eigenvalue weighted by atomic mass is 32.2. The lowest BCUT2D eigenvalue weighted by Crippen LogP contribution is -2.34. The Labute approximate surface area is 204 Å². The predicted octanol–water partition coefficient (Wildman–Crippen LogP) is 0.820. The van der Waals surface area contributed by atoms with E-state index in [0.717, 1.165) is 10.8 Å². The number of sulfone groups is 1. The summed E-state index contributed by atoms with van der Waals surface area (Å²) in [6.45, 7) is 0.117. The van der Waals surface area contributed by atoms with E-state index in [1.165, 1.54) is 50.7 Å².